The average Bonchev–Trinajstić information content (AvgIpc) is 3.31. The lowest BCUT2D eigenvalue weighted by Crippen LogP contribution is -2.17. The fourth-order valence-corrected chi connectivity index (χ4v) is 4.97. The molecule has 0 aliphatic heterocycles. The third-order valence-electron chi connectivity index (χ3n) is 4.85. The summed E-state index contributed by atoms with van der Waals surface area (Å²) in [5.41, 5.74) is 1.99. The lowest BCUT2D eigenvalue weighted by atomic mass is 10.1. The van der Waals surface area contributed by atoms with Crippen molar-refractivity contribution in [3.63, 3.8) is 0 Å². The molecular formula is C22H26FN5O3S2. The second-order valence-corrected chi connectivity index (χ2v) is 9.22. The maximum absolute atomic E-state index is 13.1. The number of benzene rings is 1. The molecule has 11 heteroatoms. The number of hydrogen-bond acceptors (Lipinski definition) is 8. The van der Waals surface area contributed by atoms with Gasteiger partial charge in [-0.1, -0.05) is 11.8 Å². The minimum atomic E-state index is -0.439. The highest BCUT2D eigenvalue weighted by atomic mass is 32.2. The molecular weight excluding hydrogens is 465 g/mol. The van der Waals surface area contributed by atoms with Gasteiger partial charge in [0.2, 0.25) is 5.91 Å². The lowest BCUT2D eigenvalue weighted by Gasteiger charge is -2.09. The van der Waals surface area contributed by atoms with Crippen LogP contribution in [0.5, 0.6) is 0 Å². The smallest absolute Gasteiger partial charge is 0.341 e. The Bertz CT molecular complexity index is 1130. The molecule has 0 bridgehead atoms. The van der Waals surface area contributed by atoms with Crippen molar-refractivity contribution in [3.05, 3.63) is 51.9 Å². The van der Waals surface area contributed by atoms with Gasteiger partial charge in [-0.05, 0) is 57.5 Å². The zero-order chi connectivity index (χ0) is 24.0. The molecule has 0 fully saturated rings. The van der Waals surface area contributed by atoms with Crippen molar-refractivity contribution in [2.24, 2.45) is 0 Å². The summed E-state index contributed by atoms with van der Waals surface area (Å²) in [4.78, 5) is 25.9. The Kier molecular flexibility index (Phi) is 8.45. The van der Waals surface area contributed by atoms with E-state index in [1.807, 2.05) is 25.3 Å². The number of ether oxygens (including phenoxy) is 1. The van der Waals surface area contributed by atoms with E-state index in [0.717, 1.165) is 16.1 Å². The van der Waals surface area contributed by atoms with Crippen molar-refractivity contribution in [2.45, 2.75) is 45.9 Å². The minimum absolute atomic E-state index is 0.113. The quantitative estimate of drug-likeness (QED) is 0.315. The molecule has 0 unspecified atom stereocenters. The first-order valence-corrected chi connectivity index (χ1v) is 12.3. The molecule has 3 aromatic rings. The number of halogens is 1. The fraction of sp³-hybridized carbons (Fsp3) is 0.364. The zero-order valence-corrected chi connectivity index (χ0v) is 20.5. The molecule has 176 valence electrons. The molecule has 1 aromatic carbocycles. The van der Waals surface area contributed by atoms with Crippen molar-refractivity contribution in [3.8, 4) is 0 Å². The summed E-state index contributed by atoms with van der Waals surface area (Å²) in [6.07, 6.45) is 0. The molecule has 0 atom stereocenters. The van der Waals surface area contributed by atoms with E-state index >= 15 is 0 Å². The SMILES string of the molecule is CCOC(=O)c1c(NC(=O)CSc2nnc(CNc3ccc(F)cc3)n2CC)sc(C)c1C. The van der Waals surface area contributed by atoms with E-state index in [1.165, 1.54) is 35.2 Å². The van der Waals surface area contributed by atoms with Gasteiger partial charge in [0, 0.05) is 17.1 Å². The summed E-state index contributed by atoms with van der Waals surface area (Å²) in [5.74, 6) is -0.160. The van der Waals surface area contributed by atoms with E-state index in [9.17, 15) is 14.0 Å². The summed E-state index contributed by atoms with van der Waals surface area (Å²) < 4.78 is 20.1. The summed E-state index contributed by atoms with van der Waals surface area (Å²) in [6, 6.07) is 6.08. The second kappa shape index (κ2) is 11.3. The first-order valence-electron chi connectivity index (χ1n) is 10.4. The van der Waals surface area contributed by atoms with Gasteiger partial charge < -0.3 is 19.9 Å². The third kappa shape index (κ3) is 6.11. The Morgan fingerprint density at radius 2 is 1.91 bits per heavy atom. The highest BCUT2D eigenvalue weighted by Gasteiger charge is 2.22. The molecule has 8 nitrogen and oxygen atoms in total. The number of nitrogens with one attached hydrogen (secondary N) is 2. The summed E-state index contributed by atoms with van der Waals surface area (Å²) >= 11 is 2.62. The molecule has 0 radical (unpaired) electrons. The van der Waals surface area contributed by atoms with Crippen LogP contribution in [-0.2, 0) is 22.6 Å². The van der Waals surface area contributed by atoms with Crippen LogP contribution < -0.4 is 10.6 Å². The van der Waals surface area contributed by atoms with Crippen LogP contribution in [0.25, 0.3) is 0 Å². The zero-order valence-electron chi connectivity index (χ0n) is 18.9. The van der Waals surface area contributed by atoms with Crippen LogP contribution >= 0.6 is 23.1 Å². The molecule has 0 spiro atoms. The number of anilines is 2. The predicted octanol–water partition coefficient (Wildman–Crippen LogP) is 4.64. The Morgan fingerprint density at radius 1 is 1.18 bits per heavy atom. The lowest BCUT2D eigenvalue weighted by molar-refractivity contribution is -0.113. The number of aromatic nitrogens is 3. The van der Waals surface area contributed by atoms with Crippen molar-refractivity contribution >= 4 is 45.7 Å². The molecule has 1 amide bonds. The molecule has 0 saturated carbocycles. The number of aryl methyl sites for hydroxylation is 1. The van der Waals surface area contributed by atoms with Crippen LogP contribution in [0.3, 0.4) is 0 Å². The second-order valence-electron chi connectivity index (χ2n) is 7.05. The third-order valence-corrected chi connectivity index (χ3v) is 6.94. The Hall–Kier alpha value is -2.92. The maximum Gasteiger partial charge on any atom is 0.341 e. The van der Waals surface area contributed by atoms with Crippen molar-refractivity contribution < 1.29 is 18.7 Å². The predicted molar refractivity (Wildman–Crippen MR) is 129 cm³/mol. The highest BCUT2D eigenvalue weighted by molar-refractivity contribution is 7.99. The largest absolute Gasteiger partial charge is 0.462 e. The standard InChI is InChI=1S/C22H26FN5O3S2/c1-5-28-17(11-24-16-9-7-15(23)8-10-16)26-27-22(28)32-12-18(29)25-20-19(21(30)31-6-2)13(3)14(4)33-20/h7-10,24H,5-6,11-12H2,1-4H3,(H,25,29). The number of nitrogens with zero attached hydrogens (tertiary/aromatic N) is 3. The number of carbonyl (C=O) groups is 2. The van der Waals surface area contributed by atoms with Crippen molar-refractivity contribution in [2.75, 3.05) is 23.0 Å². The van der Waals surface area contributed by atoms with E-state index in [0.29, 0.717) is 34.6 Å². The van der Waals surface area contributed by atoms with Gasteiger partial charge in [0.25, 0.3) is 0 Å². The molecule has 0 aliphatic rings. The molecule has 33 heavy (non-hydrogen) atoms. The molecule has 2 heterocycles. The van der Waals surface area contributed by atoms with Crippen LogP contribution in [0.2, 0.25) is 0 Å². The minimum Gasteiger partial charge on any atom is -0.462 e. The molecule has 3 rings (SSSR count). The monoisotopic (exact) mass is 491 g/mol. The molecule has 2 N–H and O–H groups in total. The van der Waals surface area contributed by atoms with Crippen molar-refractivity contribution in [1.29, 1.82) is 0 Å². The van der Waals surface area contributed by atoms with Gasteiger partial charge in [-0.15, -0.1) is 21.5 Å². The van der Waals surface area contributed by atoms with Gasteiger partial charge in [0.05, 0.1) is 24.5 Å². The van der Waals surface area contributed by atoms with Crippen LogP contribution in [0.1, 0.15) is 40.5 Å². The van der Waals surface area contributed by atoms with Gasteiger partial charge in [-0.3, -0.25) is 4.79 Å². The summed E-state index contributed by atoms with van der Waals surface area (Å²) in [7, 11) is 0. The number of thiophene rings is 1. The normalized spacial score (nSPS) is 10.8. The van der Waals surface area contributed by atoms with Gasteiger partial charge in [-0.25, -0.2) is 9.18 Å². The van der Waals surface area contributed by atoms with E-state index in [4.69, 9.17) is 4.74 Å². The number of rotatable bonds is 10. The van der Waals surface area contributed by atoms with Gasteiger partial charge in [-0.2, -0.15) is 0 Å². The highest BCUT2D eigenvalue weighted by Crippen LogP contribution is 2.33. The fourth-order valence-electron chi connectivity index (χ4n) is 3.08. The van der Waals surface area contributed by atoms with Crippen LogP contribution in [0, 0.1) is 19.7 Å². The van der Waals surface area contributed by atoms with E-state index in [1.54, 1.807) is 19.1 Å². The van der Waals surface area contributed by atoms with Gasteiger partial charge >= 0.3 is 5.97 Å². The first kappa shape index (κ1) is 24.7. The number of esters is 1. The topological polar surface area (TPSA) is 98.1 Å². The summed E-state index contributed by atoms with van der Waals surface area (Å²) in [5, 5.41) is 15.6. The van der Waals surface area contributed by atoms with E-state index in [2.05, 4.69) is 20.8 Å². The number of carbonyl (C=O) groups excluding carboxylic acids is 2. The summed E-state index contributed by atoms with van der Waals surface area (Å²) in [6.45, 7) is 8.77. The Balaban J connectivity index is 1.62. The molecule has 2 aromatic heterocycles. The number of thioether (sulfide) groups is 1. The van der Waals surface area contributed by atoms with Crippen LogP contribution in [0.4, 0.5) is 15.1 Å². The average molecular weight is 492 g/mol. The van der Waals surface area contributed by atoms with Gasteiger partial charge in [0.15, 0.2) is 11.0 Å². The Morgan fingerprint density at radius 3 is 2.58 bits per heavy atom. The van der Waals surface area contributed by atoms with E-state index < -0.39 is 5.97 Å². The molecule has 0 saturated heterocycles. The first-order chi connectivity index (χ1) is 15.8. The number of amides is 1. The molecule has 0 aliphatic carbocycles. The Labute approximate surface area is 199 Å². The van der Waals surface area contributed by atoms with Crippen LogP contribution in [0.15, 0.2) is 29.4 Å². The van der Waals surface area contributed by atoms with Crippen molar-refractivity contribution in [1.82, 2.24) is 14.8 Å². The van der Waals surface area contributed by atoms with Crippen LogP contribution in [-0.4, -0.2) is 39.0 Å². The number of hydrogen-bond donors (Lipinski definition) is 2. The van der Waals surface area contributed by atoms with E-state index in [-0.39, 0.29) is 24.1 Å². The maximum atomic E-state index is 13.1. The van der Waals surface area contributed by atoms with Gasteiger partial charge in [0.1, 0.15) is 10.8 Å².